The maximum Gasteiger partial charge on any atom is 0.191 e. The van der Waals surface area contributed by atoms with E-state index in [1.54, 1.807) is 0 Å². The lowest BCUT2D eigenvalue weighted by molar-refractivity contribution is 0.319. The molecule has 0 aliphatic rings. The first-order valence-corrected chi connectivity index (χ1v) is 9.96. The summed E-state index contributed by atoms with van der Waals surface area (Å²) in [6.45, 7) is 6.56. The third kappa shape index (κ3) is 4.60. The van der Waals surface area contributed by atoms with E-state index in [2.05, 4.69) is 71.3 Å². The van der Waals surface area contributed by atoms with Gasteiger partial charge in [-0.25, -0.2) is 4.98 Å². The van der Waals surface area contributed by atoms with Gasteiger partial charge >= 0.3 is 0 Å². The van der Waals surface area contributed by atoms with Gasteiger partial charge in [-0.15, -0.1) is 0 Å². The molecule has 4 heteroatoms. The summed E-state index contributed by atoms with van der Waals surface area (Å²) < 4.78 is 13.6. The normalized spacial score (nSPS) is 11.0. The van der Waals surface area contributed by atoms with Crippen LogP contribution in [0.15, 0.2) is 71.4 Å². The van der Waals surface area contributed by atoms with E-state index in [0.29, 0.717) is 12.5 Å². The molecule has 0 amide bonds. The van der Waals surface area contributed by atoms with Gasteiger partial charge in [0, 0.05) is 31.4 Å². The van der Waals surface area contributed by atoms with Crippen molar-refractivity contribution in [3.8, 4) is 11.4 Å². The molecule has 0 spiro atoms. The van der Waals surface area contributed by atoms with Crippen molar-refractivity contribution in [2.45, 2.75) is 33.6 Å². The third-order valence-electron chi connectivity index (χ3n) is 5.09. The highest BCUT2D eigenvalue weighted by molar-refractivity contribution is 5.39. The summed E-state index contributed by atoms with van der Waals surface area (Å²) in [5.74, 6) is 2.47. The zero-order chi connectivity index (χ0) is 20.2. The van der Waals surface area contributed by atoms with Crippen molar-refractivity contribution in [1.29, 1.82) is 0 Å². The molecule has 0 saturated carbocycles. The van der Waals surface area contributed by atoms with E-state index in [4.69, 9.17) is 9.15 Å². The van der Waals surface area contributed by atoms with Crippen molar-refractivity contribution < 1.29 is 9.15 Å². The molecule has 0 atom stereocenters. The molecule has 4 rings (SSSR count). The molecule has 2 heterocycles. The van der Waals surface area contributed by atoms with Crippen LogP contribution in [0.25, 0.3) is 5.69 Å². The summed E-state index contributed by atoms with van der Waals surface area (Å²) in [5, 5.41) is 0. The highest BCUT2D eigenvalue weighted by Gasteiger charge is 2.08. The highest BCUT2D eigenvalue weighted by Crippen LogP contribution is 2.21. The van der Waals surface area contributed by atoms with Crippen LogP contribution < -0.4 is 4.74 Å². The lowest BCUT2D eigenvalue weighted by atomic mass is 10.0. The second-order valence-electron chi connectivity index (χ2n) is 7.37. The van der Waals surface area contributed by atoms with Crippen LogP contribution in [0.5, 0.6) is 5.75 Å². The Bertz CT molecular complexity index is 1090. The second kappa shape index (κ2) is 8.39. The fourth-order valence-electron chi connectivity index (χ4n) is 3.57. The molecule has 2 aromatic heterocycles. The van der Waals surface area contributed by atoms with Crippen molar-refractivity contribution in [3.63, 3.8) is 0 Å². The molecule has 2 aromatic carbocycles. The standard InChI is InChI=1S/C25H26N2O2/c1-18-16-27(23-9-5-4-6-10-23)17-22(18)14-21-8-7-11-24(15-21)28-13-12-25-19(2)29-20(3)26-25/h4-11,15-17H,12-14H2,1-3H3. The Balaban J connectivity index is 1.41. The Labute approximate surface area is 171 Å². The Morgan fingerprint density at radius 2 is 1.79 bits per heavy atom. The number of benzene rings is 2. The van der Waals surface area contributed by atoms with Crippen molar-refractivity contribution in [1.82, 2.24) is 9.55 Å². The predicted octanol–water partition coefficient (Wildman–Crippen LogP) is 5.60. The maximum atomic E-state index is 5.97. The smallest absolute Gasteiger partial charge is 0.191 e. The summed E-state index contributed by atoms with van der Waals surface area (Å²) in [6, 6.07) is 18.7. The predicted molar refractivity (Wildman–Crippen MR) is 115 cm³/mol. The molecule has 0 saturated heterocycles. The number of hydrogen-bond acceptors (Lipinski definition) is 3. The van der Waals surface area contributed by atoms with Gasteiger partial charge in [0.25, 0.3) is 0 Å². The summed E-state index contributed by atoms with van der Waals surface area (Å²) >= 11 is 0. The Morgan fingerprint density at radius 1 is 0.966 bits per heavy atom. The van der Waals surface area contributed by atoms with E-state index < -0.39 is 0 Å². The van der Waals surface area contributed by atoms with Crippen molar-refractivity contribution in [3.05, 3.63) is 101 Å². The number of aryl methyl sites for hydroxylation is 3. The number of oxazole rings is 1. The van der Waals surface area contributed by atoms with Gasteiger partial charge in [-0.3, -0.25) is 0 Å². The van der Waals surface area contributed by atoms with Gasteiger partial charge < -0.3 is 13.7 Å². The number of nitrogens with zero attached hydrogens (tertiary/aromatic N) is 2. The molecule has 0 fully saturated rings. The Kier molecular flexibility index (Phi) is 5.52. The van der Waals surface area contributed by atoms with E-state index in [1.165, 1.54) is 22.4 Å². The van der Waals surface area contributed by atoms with Crippen LogP contribution in [0.3, 0.4) is 0 Å². The number of hydrogen-bond donors (Lipinski definition) is 0. The SMILES string of the molecule is Cc1nc(CCOc2cccc(Cc3cn(-c4ccccc4)cc3C)c2)c(C)o1. The molecule has 0 unspecified atom stereocenters. The molecule has 4 nitrogen and oxygen atoms in total. The van der Waals surface area contributed by atoms with Gasteiger partial charge in [0.15, 0.2) is 5.89 Å². The quantitative estimate of drug-likeness (QED) is 0.415. The number of aromatic nitrogens is 2. The van der Waals surface area contributed by atoms with E-state index in [1.807, 2.05) is 26.0 Å². The Morgan fingerprint density at radius 3 is 2.55 bits per heavy atom. The summed E-state index contributed by atoms with van der Waals surface area (Å²) in [7, 11) is 0. The fraction of sp³-hybridized carbons (Fsp3) is 0.240. The van der Waals surface area contributed by atoms with Gasteiger partial charge in [-0.2, -0.15) is 0 Å². The van der Waals surface area contributed by atoms with Crippen LogP contribution in [-0.2, 0) is 12.8 Å². The van der Waals surface area contributed by atoms with Crippen molar-refractivity contribution in [2.75, 3.05) is 6.61 Å². The first kappa shape index (κ1) is 19.1. The first-order chi connectivity index (χ1) is 14.1. The highest BCUT2D eigenvalue weighted by atomic mass is 16.5. The molecule has 0 aliphatic heterocycles. The molecular formula is C25H26N2O2. The average Bonchev–Trinajstić information content (AvgIpc) is 3.24. The van der Waals surface area contributed by atoms with E-state index in [0.717, 1.165) is 30.0 Å². The molecule has 0 radical (unpaired) electrons. The molecule has 29 heavy (non-hydrogen) atoms. The van der Waals surface area contributed by atoms with Crippen LogP contribution in [-0.4, -0.2) is 16.2 Å². The number of para-hydroxylation sites is 1. The van der Waals surface area contributed by atoms with Crippen LogP contribution in [0.2, 0.25) is 0 Å². The van der Waals surface area contributed by atoms with E-state index in [9.17, 15) is 0 Å². The van der Waals surface area contributed by atoms with Crippen LogP contribution in [0.4, 0.5) is 0 Å². The van der Waals surface area contributed by atoms with Gasteiger partial charge in [0.1, 0.15) is 11.5 Å². The Hall–Kier alpha value is -3.27. The first-order valence-electron chi connectivity index (χ1n) is 9.96. The van der Waals surface area contributed by atoms with Gasteiger partial charge in [-0.1, -0.05) is 30.3 Å². The summed E-state index contributed by atoms with van der Waals surface area (Å²) in [6.07, 6.45) is 6.03. The summed E-state index contributed by atoms with van der Waals surface area (Å²) in [5.41, 5.74) is 6.00. The monoisotopic (exact) mass is 386 g/mol. The molecule has 0 aliphatic carbocycles. The van der Waals surface area contributed by atoms with Gasteiger partial charge in [0.05, 0.1) is 12.3 Å². The topological polar surface area (TPSA) is 40.2 Å². The second-order valence-corrected chi connectivity index (χ2v) is 7.37. The largest absolute Gasteiger partial charge is 0.493 e. The van der Waals surface area contributed by atoms with Gasteiger partial charge in [-0.05, 0) is 61.2 Å². The molecule has 0 N–H and O–H groups in total. The molecule has 0 bridgehead atoms. The summed E-state index contributed by atoms with van der Waals surface area (Å²) in [4.78, 5) is 4.40. The fourth-order valence-corrected chi connectivity index (χ4v) is 3.57. The number of ether oxygens (including phenoxy) is 1. The minimum atomic E-state index is 0.583. The molecule has 4 aromatic rings. The van der Waals surface area contributed by atoms with Crippen molar-refractivity contribution in [2.24, 2.45) is 0 Å². The van der Waals surface area contributed by atoms with Gasteiger partial charge in [0.2, 0.25) is 0 Å². The number of rotatable bonds is 7. The molecular weight excluding hydrogens is 360 g/mol. The molecule has 148 valence electrons. The third-order valence-corrected chi connectivity index (χ3v) is 5.09. The van der Waals surface area contributed by atoms with Crippen molar-refractivity contribution >= 4 is 0 Å². The maximum absolute atomic E-state index is 5.97. The lowest BCUT2D eigenvalue weighted by Gasteiger charge is -2.08. The lowest BCUT2D eigenvalue weighted by Crippen LogP contribution is -2.03. The van der Waals surface area contributed by atoms with Crippen LogP contribution in [0.1, 0.15) is 34.0 Å². The zero-order valence-electron chi connectivity index (χ0n) is 17.2. The van der Waals surface area contributed by atoms with E-state index >= 15 is 0 Å². The van der Waals surface area contributed by atoms with Crippen LogP contribution in [0, 0.1) is 20.8 Å². The zero-order valence-corrected chi connectivity index (χ0v) is 17.2. The minimum Gasteiger partial charge on any atom is -0.493 e. The average molecular weight is 386 g/mol. The van der Waals surface area contributed by atoms with Crippen LogP contribution >= 0.6 is 0 Å². The van der Waals surface area contributed by atoms with E-state index in [-0.39, 0.29) is 0 Å². The minimum absolute atomic E-state index is 0.583.